The molecule has 0 N–H and O–H groups in total. The second-order valence-corrected chi connectivity index (χ2v) is 6.21. The van der Waals surface area contributed by atoms with Gasteiger partial charge in [0.1, 0.15) is 0 Å². The van der Waals surface area contributed by atoms with E-state index in [0.717, 1.165) is 6.61 Å². The van der Waals surface area contributed by atoms with Gasteiger partial charge in [-0.25, -0.2) is 0 Å². The van der Waals surface area contributed by atoms with Crippen LogP contribution in [0.1, 0.15) is 61.8 Å². The van der Waals surface area contributed by atoms with Crippen molar-refractivity contribution in [2.75, 3.05) is 6.61 Å². The van der Waals surface area contributed by atoms with Gasteiger partial charge in [0.2, 0.25) is 0 Å². The van der Waals surface area contributed by atoms with Crippen molar-refractivity contribution in [3.63, 3.8) is 0 Å². The van der Waals surface area contributed by atoms with E-state index in [-0.39, 0.29) is 5.60 Å². The summed E-state index contributed by atoms with van der Waals surface area (Å²) in [5, 5.41) is 0. The van der Waals surface area contributed by atoms with Gasteiger partial charge in [0.25, 0.3) is 0 Å². The van der Waals surface area contributed by atoms with Crippen molar-refractivity contribution in [3.8, 4) is 0 Å². The van der Waals surface area contributed by atoms with E-state index < -0.39 is 0 Å². The van der Waals surface area contributed by atoms with Gasteiger partial charge in [-0.2, -0.15) is 0 Å². The third kappa shape index (κ3) is 4.14. The standard InChI is InChI=1S/C14H30O/c1-9-12(13(4,5)6)11(3)14(7,8)15-10-2/h11-12H,9-10H2,1-8H3. The molecule has 92 valence electrons. The van der Waals surface area contributed by atoms with Crippen LogP contribution >= 0.6 is 0 Å². The van der Waals surface area contributed by atoms with E-state index >= 15 is 0 Å². The fraction of sp³-hybridized carbons (Fsp3) is 1.00. The summed E-state index contributed by atoms with van der Waals surface area (Å²) in [5.41, 5.74) is 0.352. The van der Waals surface area contributed by atoms with Crippen LogP contribution in [0.25, 0.3) is 0 Å². The molecule has 0 aromatic carbocycles. The maximum Gasteiger partial charge on any atom is 0.0654 e. The van der Waals surface area contributed by atoms with Crippen LogP contribution in [0.5, 0.6) is 0 Å². The summed E-state index contributed by atoms with van der Waals surface area (Å²) in [4.78, 5) is 0. The highest BCUT2D eigenvalue weighted by molar-refractivity contribution is 4.87. The number of hydrogen-bond acceptors (Lipinski definition) is 1. The first-order valence-corrected chi connectivity index (χ1v) is 6.30. The normalized spacial score (nSPS) is 17.6. The highest BCUT2D eigenvalue weighted by Gasteiger charge is 2.37. The summed E-state index contributed by atoms with van der Waals surface area (Å²) in [6, 6.07) is 0. The molecule has 0 spiro atoms. The Hall–Kier alpha value is -0.0400. The summed E-state index contributed by atoms with van der Waals surface area (Å²) in [5.74, 6) is 1.29. The van der Waals surface area contributed by atoms with Crippen LogP contribution in [0.2, 0.25) is 0 Å². The maximum atomic E-state index is 5.87. The molecule has 2 atom stereocenters. The fourth-order valence-corrected chi connectivity index (χ4v) is 2.70. The lowest BCUT2D eigenvalue weighted by atomic mass is 9.67. The Labute approximate surface area is 96.6 Å². The van der Waals surface area contributed by atoms with Gasteiger partial charge < -0.3 is 4.74 Å². The van der Waals surface area contributed by atoms with E-state index in [1.807, 2.05) is 0 Å². The molecule has 2 unspecified atom stereocenters. The Morgan fingerprint density at radius 2 is 1.47 bits per heavy atom. The molecule has 0 rings (SSSR count). The Morgan fingerprint density at radius 3 is 1.73 bits per heavy atom. The highest BCUT2D eigenvalue weighted by atomic mass is 16.5. The van der Waals surface area contributed by atoms with Gasteiger partial charge in [-0.1, -0.05) is 41.0 Å². The zero-order valence-corrected chi connectivity index (χ0v) is 12.0. The second-order valence-electron chi connectivity index (χ2n) is 6.21. The molecule has 0 fully saturated rings. The predicted molar refractivity (Wildman–Crippen MR) is 68.1 cm³/mol. The zero-order valence-electron chi connectivity index (χ0n) is 12.0. The lowest BCUT2D eigenvalue weighted by molar-refractivity contribution is -0.0825. The van der Waals surface area contributed by atoms with Crippen molar-refractivity contribution in [2.45, 2.75) is 67.4 Å². The monoisotopic (exact) mass is 214 g/mol. The van der Waals surface area contributed by atoms with Crippen LogP contribution in [-0.2, 0) is 4.74 Å². The maximum absolute atomic E-state index is 5.87. The minimum atomic E-state index is -0.0112. The van der Waals surface area contributed by atoms with Crippen molar-refractivity contribution in [2.24, 2.45) is 17.3 Å². The Kier molecular flexibility index (Phi) is 5.32. The second kappa shape index (κ2) is 5.34. The van der Waals surface area contributed by atoms with E-state index in [9.17, 15) is 0 Å². The summed E-state index contributed by atoms with van der Waals surface area (Å²) in [6.07, 6.45) is 1.22. The molecule has 0 aliphatic carbocycles. The first-order chi connectivity index (χ1) is 6.66. The molecule has 1 nitrogen and oxygen atoms in total. The lowest BCUT2D eigenvalue weighted by Gasteiger charge is -2.43. The third-order valence-corrected chi connectivity index (χ3v) is 3.77. The Balaban J connectivity index is 4.72. The SMILES string of the molecule is CCOC(C)(C)C(C)C(CC)C(C)(C)C. The van der Waals surface area contributed by atoms with Crippen LogP contribution in [0.15, 0.2) is 0 Å². The molecule has 15 heavy (non-hydrogen) atoms. The van der Waals surface area contributed by atoms with E-state index in [4.69, 9.17) is 4.74 Å². The molecule has 0 saturated heterocycles. The highest BCUT2D eigenvalue weighted by Crippen LogP contribution is 2.40. The van der Waals surface area contributed by atoms with Gasteiger partial charge >= 0.3 is 0 Å². The predicted octanol–water partition coefficient (Wildman–Crippen LogP) is 4.51. The molecule has 0 amide bonds. The quantitative estimate of drug-likeness (QED) is 0.654. The molecule has 0 aliphatic rings. The van der Waals surface area contributed by atoms with Crippen molar-refractivity contribution in [1.82, 2.24) is 0 Å². The van der Waals surface area contributed by atoms with Crippen molar-refractivity contribution in [3.05, 3.63) is 0 Å². The van der Waals surface area contributed by atoms with Crippen molar-refractivity contribution in [1.29, 1.82) is 0 Å². The average Bonchev–Trinajstić information content (AvgIpc) is 2.02. The smallest absolute Gasteiger partial charge is 0.0654 e. The lowest BCUT2D eigenvalue weighted by Crippen LogP contribution is -2.41. The van der Waals surface area contributed by atoms with Crippen LogP contribution in [0.4, 0.5) is 0 Å². The molecule has 0 bridgehead atoms. The van der Waals surface area contributed by atoms with E-state index in [1.54, 1.807) is 0 Å². The molecule has 0 aromatic rings. The van der Waals surface area contributed by atoms with E-state index in [2.05, 4.69) is 55.4 Å². The number of rotatable bonds is 5. The van der Waals surface area contributed by atoms with Crippen molar-refractivity contribution < 1.29 is 4.74 Å². The molecule has 0 aromatic heterocycles. The first-order valence-electron chi connectivity index (χ1n) is 6.30. The molecule has 0 heterocycles. The average molecular weight is 214 g/mol. The van der Waals surface area contributed by atoms with Gasteiger partial charge in [0.15, 0.2) is 0 Å². The Morgan fingerprint density at radius 1 is 1.00 bits per heavy atom. The largest absolute Gasteiger partial charge is 0.376 e. The number of hydrogen-bond donors (Lipinski definition) is 0. The van der Waals surface area contributed by atoms with Crippen LogP contribution in [0.3, 0.4) is 0 Å². The minimum absolute atomic E-state index is 0.0112. The van der Waals surface area contributed by atoms with Gasteiger partial charge in [0.05, 0.1) is 5.60 Å². The Bertz CT molecular complexity index is 176. The van der Waals surface area contributed by atoms with Gasteiger partial charge in [0, 0.05) is 6.61 Å². The summed E-state index contributed by atoms with van der Waals surface area (Å²) < 4.78 is 5.87. The van der Waals surface area contributed by atoms with Crippen LogP contribution in [0, 0.1) is 17.3 Å². The number of ether oxygens (including phenoxy) is 1. The van der Waals surface area contributed by atoms with Crippen LogP contribution < -0.4 is 0 Å². The molecular formula is C14H30O. The van der Waals surface area contributed by atoms with Gasteiger partial charge in [-0.05, 0) is 38.0 Å². The zero-order chi connectivity index (χ0) is 12.3. The third-order valence-electron chi connectivity index (χ3n) is 3.77. The topological polar surface area (TPSA) is 9.23 Å². The first kappa shape index (κ1) is 15.0. The van der Waals surface area contributed by atoms with Gasteiger partial charge in [-0.3, -0.25) is 0 Å². The minimum Gasteiger partial charge on any atom is -0.376 e. The fourth-order valence-electron chi connectivity index (χ4n) is 2.70. The molecule has 0 saturated carbocycles. The summed E-state index contributed by atoms with van der Waals surface area (Å²) in [7, 11) is 0. The molecule has 1 heteroatoms. The van der Waals surface area contributed by atoms with E-state index in [1.165, 1.54) is 6.42 Å². The molecule has 0 radical (unpaired) electrons. The summed E-state index contributed by atoms with van der Waals surface area (Å²) in [6.45, 7) is 18.9. The molecule has 0 aliphatic heterocycles. The van der Waals surface area contributed by atoms with Gasteiger partial charge in [-0.15, -0.1) is 0 Å². The van der Waals surface area contributed by atoms with Crippen LogP contribution in [-0.4, -0.2) is 12.2 Å². The summed E-state index contributed by atoms with van der Waals surface area (Å²) >= 11 is 0. The van der Waals surface area contributed by atoms with E-state index in [0.29, 0.717) is 17.3 Å². The molecular weight excluding hydrogens is 184 g/mol. The van der Waals surface area contributed by atoms with Crippen molar-refractivity contribution >= 4 is 0 Å².